The first-order valence-corrected chi connectivity index (χ1v) is 14.5. The van der Waals surface area contributed by atoms with Crippen LogP contribution in [0.25, 0.3) is 0 Å². The summed E-state index contributed by atoms with van der Waals surface area (Å²) in [5.41, 5.74) is 1.85. The van der Waals surface area contributed by atoms with Gasteiger partial charge in [-0.15, -0.1) is 0 Å². The van der Waals surface area contributed by atoms with E-state index in [2.05, 4.69) is 9.62 Å². The first-order chi connectivity index (χ1) is 15.8. The van der Waals surface area contributed by atoms with E-state index in [0.717, 1.165) is 38.0 Å². The number of sulfonamides is 2. The minimum atomic E-state index is -4.01. The third-order valence-corrected chi connectivity index (χ3v) is 9.27. The van der Waals surface area contributed by atoms with Crippen molar-refractivity contribution in [2.45, 2.75) is 43.9 Å². The topological polar surface area (TPSA) is 96.0 Å². The van der Waals surface area contributed by atoms with E-state index < -0.39 is 20.0 Å². The molecule has 0 radical (unpaired) electrons. The lowest BCUT2D eigenvalue weighted by molar-refractivity contribution is 0.331. The zero-order chi connectivity index (χ0) is 23.5. The maximum absolute atomic E-state index is 13.3. The standard InChI is InChI=1S/C23H31N3O5S2/c1-2-31-22-13-12-21(26-16-6-7-17-32(26,27)28)18-23(22)33(29,30)24-19-8-10-20(11-9-19)25-14-4-3-5-15-25/h8-13,18,24H,2-7,14-17H2,1H3. The molecule has 2 aliphatic rings. The van der Waals surface area contributed by atoms with E-state index in [0.29, 0.717) is 24.3 Å². The van der Waals surface area contributed by atoms with Crippen molar-refractivity contribution in [1.82, 2.24) is 0 Å². The number of hydrogen-bond acceptors (Lipinski definition) is 6. The van der Waals surface area contributed by atoms with Crippen LogP contribution >= 0.6 is 0 Å². The Labute approximate surface area is 196 Å². The molecule has 0 atom stereocenters. The molecular formula is C23H31N3O5S2. The SMILES string of the molecule is CCOc1ccc(N2CCCCS2(=O)=O)cc1S(=O)(=O)Nc1ccc(N2CCCCC2)cc1. The van der Waals surface area contributed by atoms with Gasteiger partial charge in [0, 0.05) is 31.0 Å². The van der Waals surface area contributed by atoms with Crippen molar-refractivity contribution >= 4 is 37.1 Å². The molecule has 180 valence electrons. The summed E-state index contributed by atoms with van der Waals surface area (Å²) in [6, 6.07) is 11.9. The highest BCUT2D eigenvalue weighted by molar-refractivity contribution is 7.93. The van der Waals surface area contributed by atoms with E-state index in [1.54, 1.807) is 25.1 Å². The van der Waals surface area contributed by atoms with E-state index in [1.165, 1.54) is 22.9 Å². The Hall–Kier alpha value is -2.46. The zero-order valence-corrected chi connectivity index (χ0v) is 20.5. The van der Waals surface area contributed by atoms with Gasteiger partial charge in [-0.3, -0.25) is 9.03 Å². The number of benzene rings is 2. The Morgan fingerprint density at radius 2 is 1.58 bits per heavy atom. The highest BCUT2D eigenvalue weighted by Gasteiger charge is 2.29. The Bertz CT molecular complexity index is 1180. The number of hydrogen-bond donors (Lipinski definition) is 1. The van der Waals surface area contributed by atoms with E-state index in [4.69, 9.17) is 4.74 Å². The molecule has 0 bridgehead atoms. The second-order valence-electron chi connectivity index (χ2n) is 8.36. The number of nitrogens with one attached hydrogen (secondary N) is 1. The fourth-order valence-corrected chi connectivity index (χ4v) is 7.17. The fraction of sp³-hybridized carbons (Fsp3) is 0.478. The molecular weight excluding hydrogens is 462 g/mol. The molecule has 10 heteroatoms. The zero-order valence-electron chi connectivity index (χ0n) is 18.9. The van der Waals surface area contributed by atoms with Gasteiger partial charge in [-0.1, -0.05) is 0 Å². The smallest absolute Gasteiger partial charge is 0.265 e. The van der Waals surface area contributed by atoms with Gasteiger partial charge in [0.05, 0.1) is 18.0 Å². The largest absolute Gasteiger partial charge is 0.492 e. The average molecular weight is 494 g/mol. The van der Waals surface area contributed by atoms with E-state index in [-0.39, 0.29) is 23.0 Å². The van der Waals surface area contributed by atoms with Crippen LogP contribution in [0, 0.1) is 0 Å². The molecule has 0 saturated carbocycles. The van der Waals surface area contributed by atoms with Crippen LogP contribution in [0.2, 0.25) is 0 Å². The molecule has 33 heavy (non-hydrogen) atoms. The maximum atomic E-state index is 13.3. The number of rotatable bonds is 7. The first-order valence-electron chi connectivity index (χ1n) is 11.5. The van der Waals surface area contributed by atoms with Crippen LogP contribution in [0.3, 0.4) is 0 Å². The summed E-state index contributed by atoms with van der Waals surface area (Å²) in [5, 5.41) is 0. The van der Waals surface area contributed by atoms with E-state index in [9.17, 15) is 16.8 Å². The van der Waals surface area contributed by atoms with Gasteiger partial charge in [-0.2, -0.15) is 0 Å². The molecule has 2 aromatic carbocycles. The monoisotopic (exact) mass is 493 g/mol. The molecule has 4 rings (SSSR count). The van der Waals surface area contributed by atoms with Crippen LogP contribution in [-0.4, -0.2) is 48.8 Å². The van der Waals surface area contributed by atoms with Crippen molar-refractivity contribution < 1.29 is 21.6 Å². The van der Waals surface area contributed by atoms with E-state index >= 15 is 0 Å². The maximum Gasteiger partial charge on any atom is 0.265 e. The van der Waals surface area contributed by atoms with Gasteiger partial charge < -0.3 is 9.64 Å². The molecule has 2 aromatic rings. The normalized spacial score (nSPS) is 18.7. The molecule has 0 unspecified atom stereocenters. The molecule has 2 aliphatic heterocycles. The van der Waals surface area contributed by atoms with Crippen molar-refractivity contribution in [2.75, 3.05) is 45.9 Å². The second kappa shape index (κ2) is 9.80. The Morgan fingerprint density at radius 1 is 0.909 bits per heavy atom. The fourth-order valence-electron chi connectivity index (χ4n) is 4.32. The summed E-state index contributed by atoms with van der Waals surface area (Å²) in [5.74, 6) is 0.247. The minimum absolute atomic E-state index is 0.0594. The van der Waals surface area contributed by atoms with Crippen molar-refractivity contribution in [1.29, 1.82) is 0 Å². The number of anilines is 3. The minimum Gasteiger partial charge on any atom is -0.492 e. The molecule has 0 aromatic heterocycles. The van der Waals surface area contributed by atoms with Crippen molar-refractivity contribution in [3.63, 3.8) is 0 Å². The predicted octanol–water partition coefficient (Wildman–Crippen LogP) is 3.81. The van der Waals surface area contributed by atoms with Crippen molar-refractivity contribution in [3.8, 4) is 5.75 Å². The second-order valence-corrected chi connectivity index (χ2v) is 12.0. The van der Waals surface area contributed by atoms with Gasteiger partial charge >= 0.3 is 0 Å². The third-order valence-electron chi connectivity index (χ3n) is 5.99. The van der Waals surface area contributed by atoms with Crippen LogP contribution in [0.15, 0.2) is 47.4 Å². The summed E-state index contributed by atoms with van der Waals surface area (Å²) in [6.07, 6.45) is 4.91. The third kappa shape index (κ3) is 5.38. The lowest BCUT2D eigenvalue weighted by atomic mass is 10.1. The number of ether oxygens (including phenoxy) is 1. The highest BCUT2D eigenvalue weighted by Crippen LogP contribution is 2.33. The Balaban J connectivity index is 1.61. The molecule has 0 spiro atoms. The molecule has 1 N–H and O–H groups in total. The van der Waals surface area contributed by atoms with Crippen molar-refractivity contribution in [2.24, 2.45) is 0 Å². The molecule has 2 heterocycles. The van der Waals surface area contributed by atoms with Crippen LogP contribution in [0.4, 0.5) is 17.1 Å². The lowest BCUT2D eigenvalue weighted by Crippen LogP contribution is -2.37. The Kier molecular flexibility index (Phi) is 7.04. The lowest BCUT2D eigenvalue weighted by Gasteiger charge is -2.29. The van der Waals surface area contributed by atoms with Crippen molar-refractivity contribution in [3.05, 3.63) is 42.5 Å². The van der Waals surface area contributed by atoms with Crippen LogP contribution in [0.5, 0.6) is 5.75 Å². The summed E-state index contributed by atoms with van der Waals surface area (Å²) < 4.78 is 61.2. The summed E-state index contributed by atoms with van der Waals surface area (Å²) >= 11 is 0. The number of nitrogens with zero attached hydrogens (tertiary/aromatic N) is 2. The van der Waals surface area contributed by atoms with Gasteiger partial charge in [0.25, 0.3) is 10.0 Å². The molecule has 0 aliphatic carbocycles. The van der Waals surface area contributed by atoms with Gasteiger partial charge in [0.1, 0.15) is 10.6 Å². The quantitative estimate of drug-likeness (QED) is 0.630. The molecule has 2 fully saturated rings. The van der Waals surface area contributed by atoms with Gasteiger partial charge in [-0.05, 0) is 81.5 Å². The van der Waals surface area contributed by atoms with Gasteiger partial charge in [-0.25, -0.2) is 16.8 Å². The van der Waals surface area contributed by atoms with Crippen LogP contribution < -0.4 is 18.7 Å². The summed E-state index contributed by atoms with van der Waals surface area (Å²) in [6.45, 7) is 4.41. The molecule has 8 nitrogen and oxygen atoms in total. The highest BCUT2D eigenvalue weighted by atomic mass is 32.2. The predicted molar refractivity (Wildman–Crippen MR) is 131 cm³/mol. The van der Waals surface area contributed by atoms with E-state index in [1.807, 2.05) is 12.1 Å². The first kappa shape index (κ1) is 23.7. The summed E-state index contributed by atoms with van der Waals surface area (Å²) in [4.78, 5) is 2.22. The molecule has 2 saturated heterocycles. The van der Waals surface area contributed by atoms with Crippen LogP contribution in [-0.2, 0) is 20.0 Å². The van der Waals surface area contributed by atoms with Gasteiger partial charge in [0.15, 0.2) is 0 Å². The molecule has 0 amide bonds. The van der Waals surface area contributed by atoms with Crippen LogP contribution in [0.1, 0.15) is 39.0 Å². The summed E-state index contributed by atoms with van der Waals surface area (Å²) in [7, 11) is -7.48. The average Bonchev–Trinajstić information content (AvgIpc) is 2.80. The number of piperidine rings is 1. The van der Waals surface area contributed by atoms with Gasteiger partial charge in [0.2, 0.25) is 10.0 Å². The Morgan fingerprint density at radius 3 is 2.24 bits per heavy atom.